The highest BCUT2D eigenvalue weighted by atomic mass is 35.5. The van der Waals surface area contributed by atoms with Crippen molar-refractivity contribution in [2.24, 2.45) is 41.4 Å². The maximum absolute atomic E-state index is 16.8. The van der Waals surface area contributed by atoms with Crippen molar-refractivity contribution in [2.45, 2.75) is 223 Å². The van der Waals surface area contributed by atoms with Gasteiger partial charge in [-0.05, 0) is 229 Å². The van der Waals surface area contributed by atoms with Crippen LogP contribution in [0.15, 0.2) is 103 Å². The lowest BCUT2D eigenvalue weighted by Crippen LogP contribution is -2.59. The molecule has 11 aliphatic rings. The van der Waals surface area contributed by atoms with Gasteiger partial charge in [0, 0.05) is 81.7 Å². The number of hydrogen-bond donors (Lipinski definition) is 14. The molecule has 17 rings (SSSR count). The van der Waals surface area contributed by atoms with Crippen LogP contribution in [-0.4, -0.2) is 222 Å². The zero-order valence-corrected chi connectivity index (χ0v) is 76.6. The molecule has 6 aromatic carbocycles. The number of phenolic OH excluding ortho intramolecular Hbond substituents is 3. The number of morpholine rings is 1. The van der Waals surface area contributed by atoms with Crippen molar-refractivity contribution in [3.63, 3.8) is 0 Å². The molecule has 6 aromatic rings. The normalized spacial score (nSPS) is 26.8. The van der Waals surface area contributed by atoms with Crippen LogP contribution in [0, 0.1) is 41.4 Å². The SMILES string of the molecule is CC(C)C[C@H](C(=O)N[C@H]1C(=O)C[C@@H](CC(=O)NC(=O)Nc2ccc(OCCN3CCOCC3)cc2)C(=O)N[C@H]2C(=O)C[C@H]3C(=O)N[C@H](C(=O)N[C@H](C(=O)CC4C5CC6CC(C5)CC4C6)c4cc(O)cc(O)c4-c4cc3ccc4O)[C@H](O)c3ccc(c(Cl)c3)Oc3cc2cc(c3O[C@@H]2O[C@H](CCC(=O)OC(C)(C)C)[C@@H](O)[C@H](O)[C@H]2O)Oc2ccc(cc2Cl)[C@H]1O)N(C)C(=O)OC(C)(C)C. The molecule has 0 aromatic heterocycles. The fourth-order valence-corrected chi connectivity index (χ4v) is 19.8. The van der Waals surface area contributed by atoms with Gasteiger partial charge in [0.2, 0.25) is 41.6 Å². The minimum Gasteiger partial charge on any atom is -0.508 e. The third kappa shape index (κ3) is 23.2. The Morgan fingerprint density at radius 3 is 1.88 bits per heavy atom. The van der Waals surface area contributed by atoms with Crippen LogP contribution >= 0.6 is 23.2 Å². The van der Waals surface area contributed by atoms with Gasteiger partial charge >= 0.3 is 18.1 Å². The van der Waals surface area contributed by atoms with Crippen LogP contribution in [-0.2, 0) is 62.1 Å². The van der Waals surface area contributed by atoms with Crippen molar-refractivity contribution in [1.82, 2.24) is 36.4 Å². The van der Waals surface area contributed by atoms with Gasteiger partial charge in [0.05, 0.1) is 41.2 Å². The molecule has 14 atom stereocenters. The van der Waals surface area contributed by atoms with E-state index in [2.05, 4.69) is 36.8 Å². The Bertz CT molecular complexity index is 5400. The third-order valence-electron chi connectivity index (χ3n) is 25.7. The number of carbonyl (C=O) groups excluding carboxylic acids is 11. The van der Waals surface area contributed by atoms with Gasteiger partial charge in [0.1, 0.15) is 113 Å². The van der Waals surface area contributed by atoms with E-state index < -0.39 is 237 Å². The molecule has 4 aliphatic carbocycles. The number of esters is 1. The fraction of sp³-hybridized carbons (Fsp3) is 0.510. The van der Waals surface area contributed by atoms with Crippen LogP contribution in [0.2, 0.25) is 10.0 Å². The Morgan fingerprint density at radius 2 is 1.26 bits per heavy atom. The van der Waals surface area contributed by atoms with E-state index in [1.165, 1.54) is 55.6 Å². The Kier molecular flexibility index (Phi) is 30.1. The number of nitrogens with zero attached hydrogens (tertiary/aromatic N) is 2. The number of Topliss-reactive ketones (excluding diaryl/α,β-unsaturated/α-hetero) is 3. The predicted octanol–water partition coefficient (Wildman–Crippen LogP) is 10.1. The Hall–Kier alpha value is -11.3. The number of anilines is 1. The Labute approximate surface area is 777 Å². The summed E-state index contributed by atoms with van der Waals surface area (Å²) in [5, 5.41) is 112. The van der Waals surface area contributed by atoms with Crippen molar-refractivity contribution in [1.29, 1.82) is 0 Å². The summed E-state index contributed by atoms with van der Waals surface area (Å²) in [4.78, 5) is 171. The molecule has 714 valence electrons. The van der Waals surface area contributed by atoms with Gasteiger partial charge in [-0.2, -0.15) is 0 Å². The minimum atomic E-state index is -2.31. The summed E-state index contributed by atoms with van der Waals surface area (Å²) in [5.41, 5.74) is -3.82. The molecule has 0 spiro atoms. The van der Waals surface area contributed by atoms with E-state index in [0.29, 0.717) is 44.0 Å². The van der Waals surface area contributed by atoms with Crippen LogP contribution in [0.3, 0.4) is 0 Å². The molecule has 15 bridgehead atoms. The van der Waals surface area contributed by atoms with E-state index in [1.54, 1.807) is 67.5 Å². The highest BCUT2D eigenvalue weighted by Crippen LogP contribution is 2.59. The highest BCUT2D eigenvalue weighted by molar-refractivity contribution is 6.32. The number of benzene rings is 6. The molecule has 7 heterocycles. The number of urea groups is 1. The maximum atomic E-state index is 16.8. The van der Waals surface area contributed by atoms with Gasteiger partial charge < -0.3 is 105 Å². The molecule has 8 amide bonds. The van der Waals surface area contributed by atoms with Gasteiger partial charge in [-0.1, -0.05) is 55.2 Å². The molecule has 0 unspecified atom stereocenters. The van der Waals surface area contributed by atoms with Gasteiger partial charge in [0.25, 0.3) is 0 Å². The average molecular weight is 1880 g/mol. The zero-order valence-electron chi connectivity index (χ0n) is 75.1. The number of fused-ring (bicyclic) bond motifs is 15. The lowest BCUT2D eigenvalue weighted by Gasteiger charge is -2.54. The van der Waals surface area contributed by atoms with Gasteiger partial charge in [-0.3, -0.25) is 58.3 Å². The number of carbonyl (C=O) groups is 11. The second kappa shape index (κ2) is 40.9. The summed E-state index contributed by atoms with van der Waals surface area (Å²) in [7, 11) is 1.28. The lowest BCUT2D eigenvalue weighted by molar-refractivity contribution is -0.273. The first-order chi connectivity index (χ1) is 63.0. The molecule has 37 heteroatoms. The summed E-state index contributed by atoms with van der Waals surface area (Å²) in [5.74, 6) is -17.3. The van der Waals surface area contributed by atoms with Crippen LogP contribution in [0.25, 0.3) is 11.1 Å². The molecule has 4 saturated carbocycles. The van der Waals surface area contributed by atoms with E-state index in [1.807, 2.05) is 0 Å². The number of rotatable bonds is 20. The number of ether oxygens (including phenoxy) is 8. The largest absolute Gasteiger partial charge is 0.508 e. The number of nitrogens with one attached hydrogen (secondary N) is 6. The molecule has 133 heavy (non-hydrogen) atoms. The third-order valence-corrected chi connectivity index (χ3v) is 26.3. The first-order valence-corrected chi connectivity index (χ1v) is 45.6. The summed E-state index contributed by atoms with van der Waals surface area (Å²) in [6.45, 7) is 16.7. The van der Waals surface area contributed by atoms with Gasteiger partial charge in [0.15, 0.2) is 28.8 Å². The number of imide groups is 1. The number of aromatic hydroxyl groups is 3. The van der Waals surface area contributed by atoms with Gasteiger partial charge in [-0.15, -0.1) is 0 Å². The van der Waals surface area contributed by atoms with E-state index >= 15 is 33.6 Å². The topological polar surface area (TPSA) is 502 Å². The van der Waals surface area contributed by atoms with Crippen molar-refractivity contribution in [2.75, 3.05) is 51.8 Å². The molecule has 7 aliphatic heterocycles. The average Bonchev–Trinajstić information content (AvgIpc) is 0.757. The molecule has 35 nitrogen and oxygen atoms in total. The second-order valence-corrected chi connectivity index (χ2v) is 39.1. The Balaban J connectivity index is 0.927. The highest BCUT2D eigenvalue weighted by Gasteiger charge is 2.52. The van der Waals surface area contributed by atoms with Gasteiger partial charge in [-0.25, -0.2) is 9.59 Å². The molecule has 0 radical (unpaired) electrons. The van der Waals surface area contributed by atoms with Crippen LogP contribution in [0.4, 0.5) is 15.3 Å². The molecule has 2 saturated heterocycles. The van der Waals surface area contributed by atoms with Crippen molar-refractivity contribution in [3.05, 3.63) is 141 Å². The monoisotopic (exact) mass is 1880 g/mol. The van der Waals surface area contributed by atoms with Crippen molar-refractivity contribution >= 4 is 93.9 Å². The summed E-state index contributed by atoms with van der Waals surface area (Å²) >= 11 is 14.5. The number of aliphatic hydroxyl groups excluding tert-OH is 5. The van der Waals surface area contributed by atoms with Crippen molar-refractivity contribution < 1.29 is 131 Å². The lowest BCUT2D eigenvalue weighted by atomic mass is 9.51. The van der Waals surface area contributed by atoms with Crippen molar-refractivity contribution in [3.8, 4) is 62.9 Å². The van der Waals surface area contributed by atoms with E-state index in [9.17, 15) is 60.0 Å². The van der Waals surface area contributed by atoms with E-state index in [4.69, 9.17) is 61.1 Å². The zero-order chi connectivity index (χ0) is 95.7. The second-order valence-electron chi connectivity index (χ2n) is 38.3. The standard InChI is InChI=1S/C96H114Cl2N8O27/c1-45(2)28-64(105(9)94(125)133-96(6,7)8)90(122)103-80-67(110)37-54(40-75(113)100-93(124)99-55-13-15-57(16-14-55)127-27-24-106-22-25-126-26-23-106)88(120)101-78-53-38-73(128-70-18-11-49(82(80)115)35-62(70)97)87(131-92-86(119)85(118)84(117)72(130-92)20-21-76(114)132-95(3,4)5)74(39-53)129-71-19-12-50(36-63(71)98)83(116)81-91(123)102-79(69(112)43-58-51-30-46-29-47(32-51)33-52(58)31-46)61-41-56(107)42-66(109)77(61)60-34-48(10-17-65(60)108)59(44-68(78)111)89(121)104-81/h10-19,34-36,38-39,41-42,45-47,51-52,54,58-59,64,72,78-86,92,107-109,115-119H,20-33,37,40,43-44H2,1-9H3,(H,101,120)(H,102,123)(H,103,122)(H,104,121)(H2,99,100,113,124)/t46?,47?,51?,52?,54-,58?,59+,64+,72+,78+,79-,80-,81-,82+,83+,84+,85-,86+,92-/m0/s1. The maximum Gasteiger partial charge on any atom is 0.410 e. The van der Waals surface area contributed by atoms with Crippen LogP contribution in [0.1, 0.15) is 190 Å². The molecule has 14 N–H and O–H groups in total. The van der Waals surface area contributed by atoms with E-state index in [-0.39, 0.29) is 93.5 Å². The van der Waals surface area contributed by atoms with Crippen LogP contribution < -0.4 is 50.8 Å². The first-order valence-electron chi connectivity index (χ1n) is 44.8. The number of hydrogen-bond acceptors (Lipinski definition) is 28. The molecular formula is C96H114Cl2N8O27. The smallest absolute Gasteiger partial charge is 0.410 e. The number of aliphatic hydroxyl groups is 5. The fourth-order valence-electron chi connectivity index (χ4n) is 19.4. The number of halogens is 2. The number of ketones is 3. The number of amides is 8. The summed E-state index contributed by atoms with van der Waals surface area (Å²) in [6, 6.07) is 9.86. The molecular weight excluding hydrogens is 1770 g/mol. The summed E-state index contributed by atoms with van der Waals surface area (Å²) < 4.78 is 49.0. The quantitative estimate of drug-likeness (QED) is 0.0316. The Morgan fingerprint density at radius 1 is 0.639 bits per heavy atom. The first kappa shape index (κ1) is 97.8. The number of likely N-dealkylation sites (N-methyl/N-ethyl adjacent to an activating group) is 1. The molecule has 6 fully saturated rings. The minimum absolute atomic E-state index is 0.0748. The van der Waals surface area contributed by atoms with Crippen LogP contribution in [0.5, 0.6) is 51.7 Å². The van der Waals surface area contributed by atoms with E-state index in [0.717, 1.165) is 92.6 Å². The summed E-state index contributed by atoms with van der Waals surface area (Å²) in [6.07, 6.45) is -15.0. The predicted molar refractivity (Wildman–Crippen MR) is 478 cm³/mol. The number of phenols is 3.